The van der Waals surface area contributed by atoms with Crippen molar-refractivity contribution in [1.29, 1.82) is 0 Å². The fourth-order valence-corrected chi connectivity index (χ4v) is 5.72. The molecule has 1 saturated carbocycles. The van der Waals surface area contributed by atoms with Gasteiger partial charge in [0.1, 0.15) is 16.8 Å². The third kappa shape index (κ3) is 33.2. The first-order valence-electron chi connectivity index (χ1n) is 21.9. The second-order valence-electron chi connectivity index (χ2n) is 17.6. The van der Waals surface area contributed by atoms with Crippen LogP contribution in [-0.4, -0.2) is 171 Å². The van der Waals surface area contributed by atoms with Crippen molar-refractivity contribution in [2.45, 2.75) is 98.4 Å². The number of carbonyl (C=O) groups is 6. The van der Waals surface area contributed by atoms with Crippen LogP contribution in [-0.2, 0) is 57.0 Å². The molecule has 6 N–H and O–H groups in total. The molecule has 0 bridgehead atoms. The molecule has 0 aromatic rings. The summed E-state index contributed by atoms with van der Waals surface area (Å²) in [5.74, 6) is -2.56. The Balaban J connectivity index is 2.48. The molecule has 366 valence electrons. The third-order valence-electron chi connectivity index (χ3n) is 8.32. The Morgan fingerprint density at radius 2 is 0.524 bits per heavy atom. The van der Waals surface area contributed by atoms with Crippen molar-refractivity contribution in [3.05, 3.63) is 0 Å². The largest absolute Gasteiger partial charge is 0.444 e. The number of alkyl carbamates (subject to hydrolysis) is 3. The van der Waals surface area contributed by atoms with Crippen molar-refractivity contribution in [2.24, 2.45) is 17.8 Å². The van der Waals surface area contributed by atoms with Gasteiger partial charge in [-0.2, -0.15) is 0 Å². The average molecular weight is 907 g/mol. The monoisotopic (exact) mass is 907 g/mol. The molecule has 63 heavy (non-hydrogen) atoms. The summed E-state index contributed by atoms with van der Waals surface area (Å²) in [6.07, 6.45) is -0.734. The van der Waals surface area contributed by atoms with Crippen molar-refractivity contribution in [3.63, 3.8) is 0 Å². The molecule has 0 aromatic heterocycles. The molecule has 1 aliphatic carbocycles. The average Bonchev–Trinajstić information content (AvgIpc) is 3.17. The lowest BCUT2D eigenvalue weighted by Gasteiger charge is -2.33. The van der Waals surface area contributed by atoms with Crippen LogP contribution in [0.15, 0.2) is 0 Å². The predicted octanol–water partition coefficient (Wildman–Crippen LogP) is 2.04. The zero-order valence-corrected chi connectivity index (χ0v) is 39.2. The number of hydrogen-bond acceptors (Lipinski definition) is 15. The van der Waals surface area contributed by atoms with E-state index in [2.05, 4.69) is 31.9 Å². The van der Waals surface area contributed by atoms with Crippen LogP contribution in [0, 0.1) is 17.8 Å². The fraction of sp³-hybridized carbons (Fsp3) is 0.857. The van der Waals surface area contributed by atoms with Gasteiger partial charge in [0.25, 0.3) is 0 Å². The predicted molar refractivity (Wildman–Crippen MR) is 231 cm³/mol. The number of ether oxygens (including phenoxy) is 9. The molecule has 1 rings (SSSR count). The highest BCUT2D eigenvalue weighted by Gasteiger charge is 2.39. The fourth-order valence-electron chi connectivity index (χ4n) is 5.72. The summed E-state index contributed by atoms with van der Waals surface area (Å²) in [6.45, 7) is 20.8. The number of carbonyl (C=O) groups excluding carboxylic acids is 6. The van der Waals surface area contributed by atoms with E-state index in [4.69, 9.17) is 42.6 Å². The van der Waals surface area contributed by atoms with E-state index < -0.39 is 52.8 Å². The van der Waals surface area contributed by atoms with E-state index in [0.29, 0.717) is 19.8 Å². The van der Waals surface area contributed by atoms with E-state index in [1.165, 1.54) is 0 Å². The molecule has 0 radical (unpaired) electrons. The molecule has 1 aliphatic rings. The van der Waals surface area contributed by atoms with Gasteiger partial charge in [-0.15, -0.1) is 0 Å². The quantitative estimate of drug-likeness (QED) is 0.0446. The highest BCUT2D eigenvalue weighted by molar-refractivity contribution is 5.86. The van der Waals surface area contributed by atoms with E-state index in [-0.39, 0.29) is 136 Å². The van der Waals surface area contributed by atoms with Crippen LogP contribution in [0.3, 0.4) is 0 Å². The normalized spacial score (nSPS) is 16.6. The lowest BCUT2D eigenvalue weighted by Crippen LogP contribution is -2.46. The molecule has 0 aromatic carbocycles. The summed E-state index contributed by atoms with van der Waals surface area (Å²) in [7, 11) is 0. The summed E-state index contributed by atoms with van der Waals surface area (Å²) in [4.78, 5) is 75.0. The summed E-state index contributed by atoms with van der Waals surface area (Å²) in [6, 6.07) is 0. The van der Waals surface area contributed by atoms with Crippen molar-refractivity contribution in [1.82, 2.24) is 31.9 Å². The lowest BCUT2D eigenvalue weighted by atomic mass is 9.74. The highest BCUT2D eigenvalue weighted by atomic mass is 16.6. The van der Waals surface area contributed by atoms with Crippen LogP contribution in [0.25, 0.3) is 0 Å². The Labute approximate surface area is 373 Å². The minimum Gasteiger partial charge on any atom is -0.444 e. The SMILES string of the molecule is CC(C)(C)OC(=O)NCCOCCOCCNC(=O)C1CC(C(=O)NCCOCCOCCNC(=O)OC(C)(C)C)CC(C(=O)NCCOCCOCCNC(=O)OC(C)(C)C)C1. The van der Waals surface area contributed by atoms with Gasteiger partial charge >= 0.3 is 18.3 Å². The molecule has 0 spiro atoms. The number of amides is 6. The molecular weight excluding hydrogens is 828 g/mol. The van der Waals surface area contributed by atoms with Crippen LogP contribution < -0.4 is 31.9 Å². The van der Waals surface area contributed by atoms with Crippen molar-refractivity contribution < 1.29 is 71.4 Å². The van der Waals surface area contributed by atoms with Crippen molar-refractivity contribution >= 4 is 36.0 Å². The van der Waals surface area contributed by atoms with Gasteiger partial charge in [0.05, 0.1) is 79.3 Å². The Morgan fingerprint density at radius 1 is 0.333 bits per heavy atom. The maximum Gasteiger partial charge on any atom is 0.407 e. The van der Waals surface area contributed by atoms with Gasteiger partial charge in [-0.1, -0.05) is 0 Å². The molecule has 21 heteroatoms. The number of rotatable bonds is 30. The summed E-state index contributed by atoms with van der Waals surface area (Å²) in [5, 5.41) is 16.4. The summed E-state index contributed by atoms with van der Waals surface area (Å²) < 4.78 is 48.6. The molecule has 0 heterocycles. The van der Waals surface area contributed by atoms with Gasteiger partial charge in [0.2, 0.25) is 17.7 Å². The van der Waals surface area contributed by atoms with Crippen LogP contribution in [0.1, 0.15) is 81.6 Å². The second kappa shape index (κ2) is 31.8. The Kier molecular flexibility index (Phi) is 28.7. The van der Waals surface area contributed by atoms with Crippen LogP contribution >= 0.6 is 0 Å². The Hall–Kier alpha value is -4.02. The van der Waals surface area contributed by atoms with E-state index in [9.17, 15) is 28.8 Å². The number of hydrogen-bond donors (Lipinski definition) is 6. The molecule has 0 aliphatic heterocycles. The van der Waals surface area contributed by atoms with Gasteiger partial charge in [-0.25, -0.2) is 14.4 Å². The molecule has 0 unspecified atom stereocenters. The molecule has 1 fully saturated rings. The van der Waals surface area contributed by atoms with Crippen LogP contribution in [0.4, 0.5) is 14.4 Å². The van der Waals surface area contributed by atoms with E-state index in [1.807, 2.05) is 0 Å². The van der Waals surface area contributed by atoms with Gasteiger partial charge in [0.15, 0.2) is 0 Å². The van der Waals surface area contributed by atoms with E-state index in [0.717, 1.165) is 0 Å². The summed E-state index contributed by atoms with van der Waals surface area (Å²) >= 11 is 0. The summed E-state index contributed by atoms with van der Waals surface area (Å²) in [5.41, 5.74) is -1.75. The van der Waals surface area contributed by atoms with Crippen molar-refractivity contribution in [3.8, 4) is 0 Å². The van der Waals surface area contributed by atoms with Gasteiger partial charge in [-0.05, 0) is 81.6 Å². The lowest BCUT2D eigenvalue weighted by molar-refractivity contribution is -0.135. The van der Waals surface area contributed by atoms with E-state index in [1.54, 1.807) is 62.3 Å². The first-order valence-corrected chi connectivity index (χ1v) is 21.9. The van der Waals surface area contributed by atoms with Gasteiger partial charge < -0.3 is 74.5 Å². The first kappa shape index (κ1) is 57.0. The smallest absolute Gasteiger partial charge is 0.407 e. The van der Waals surface area contributed by atoms with Crippen molar-refractivity contribution in [2.75, 3.05) is 119 Å². The zero-order chi connectivity index (χ0) is 47.2. The zero-order valence-electron chi connectivity index (χ0n) is 39.2. The maximum atomic E-state index is 13.3. The molecular formula is C42H78N6O15. The minimum atomic E-state index is -0.584. The molecule has 0 saturated heterocycles. The third-order valence-corrected chi connectivity index (χ3v) is 8.32. The maximum absolute atomic E-state index is 13.3. The molecule has 0 atom stereocenters. The Morgan fingerprint density at radius 3 is 0.714 bits per heavy atom. The van der Waals surface area contributed by atoms with E-state index >= 15 is 0 Å². The standard InChI is InChI=1S/C42H78N6O15/c1-40(2,3)61-37(52)46-13-19-58-25-22-55-16-10-43-34(49)31-28-32(35(50)44-11-17-56-23-26-59-20-14-47-38(53)62-41(4,5)6)30-33(29-31)36(51)45-12-18-57-24-27-60-21-15-48-39(54)63-42(7,8)9/h31-33H,10-30H2,1-9H3,(H,43,49)(H,44,50)(H,45,51)(H,46,52)(H,47,53)(H,48,54). The van der Waals surface area contributed by atoms with Gasteiger partial charge in [-0.3, -0.25) is 14.4 Å². The molecule has 6 amide bonds. The number of nitrogens with one attached hydrogen (secondary N) is 6. The minimum absolute atomic E-state index is 0.228. The van der Waals surface area contributed by atoms with Gasteiger partial charge in [0, 0.05) is 57.0 Å². The second-order valence-corrected chi connectivity index (χ2v) is 17.6. The molecule has 21 nitrogen and oxygen atoms in total. The first-order chi connectivity index (χ1) is 29.6. The topological polar surface area (TPSA) is 258 Å². The van der Waals surface area contributed by atoms with Crippen LogP contribution in [0.2, 0.25) is 0 Å². The highest BCUT2D eigenvalue weighted by Crippen LogP contribution is 2.34. The Bertz CT molecular complexity index is 1170. The van der Waals surface area contributed by atoms with Crippen LogP contribution in [0.5, 0.6) is 0 Å².